The lowest BCUT2D eigenvalue weighted by Gasteiger charge is -2.11. The topological polar surface area (TPSA) is 63.0 Å². The van der Waals surface area contributed by atoms with E-state index >= 15 is 0 Å². The van der Waals surface area contributed by atoms with Gasteiger partial charge in [-0.1, -0.05) is 30.3 Å². The summed E-state index contributed by atoms with van der Waals surface area (Å²) in [6.45, 7) is 3.54. The Bertz CT molecular complexity index is 483. The third kappa shape index (κ3) is 4.15. The number of aliphatic hydroxyl groups excluding tert-OH is 1. The third-order valence-electron chi connectivity index (χ3n) is 3.06. The minimum absolute atomic E-state index is 0.0688. The van der Waals surface area contributed by atoms with Crippen molar-refractivity contribution in [2.45, 2.75) is 32.5 Å². The van der Waals surface area contributed by atoms with Crippen molar-refractivity contribution in [3.05, 3.63) is 48.0 Å². The maximum atomic E-state index is 8.98. The molecule has 1 heterocycles. The molecule has 0 amide bonds. The summed E-state index contributed by atoms with van der Waals surface area (Å²) in [5, 5.41) is 20.2. The summed E-state index contributed by atoms with van der Waals surface area (Å²) in [6, 6.07) is 10.4. The first-order valence-corrected chi connectivity index (χ1v) is 6.54. The van der Waals surface area contributed by atoms with Crippen LogP contribution in [0.5, 0.6) is 0 Å². The van der Waals surface area contributed by atoms with Gasteiger partial charge in [-0.15, -0.1) is 10.2 Å². The second-order valence-corrected chi connectivity index (χ2v) is 4.64. The normalized spacial score (nSPS) is 12.5. The van der Waals surface area contributed by atoms with E-state index < -0.39 is 0 Å². The van der Waals surface area contributed by atoms with E-state index in [9.17, 15) is 0 Å². The Hall–Kier alpha value is -1.72. The summed E-state index contributed by atoms with van der Waals surface area (Å²) in [6.07, 6.45) is 2.71. The van der Waals surface area contributed by atoms with E-state index in [1.807, 2.05) is 29.7 Å². The maximum absolute atomic E-state index is 8.98. The van der Waals surface area contributed by atoms with Crippen LogP contribution in [0.2, 0.25) is 0 Å². The summed E-state index contributed by atoms with van der Waals surface area (Å²) in [5.41, 5.74) is 1.30. The van der Waals surface area contributed by atoms with Crippen LogP contribution in [0.15, 0.2) is 36.7 Å². The van der Waals surface area contributed by atoms with Crippen molar-refractivity contribution in [2.75, 3.05) is 6.61 Å². The van der Waals surface area contributed by atoms with E-state index in [1.165, 1.54) is 5.56 Å². The van der Waals surface area contributed by atoms with Gasteiger partial charge in [0.1, 0.15) is 12.2 Å². The molecule has 0 spiro atoms. The highest BCUT2D eigenvalue weighted by Crippen LogP contribution is 2.03. The highest BCUT2D eigenvalue weighted by Gasteiger charge is 2.06. The van der Waals surface area contributed by atoms with Crippen LogP contribution in [0.1, 0.15) is 18.3 Å². The zero-order valence-electron chi connectivity index (χ0n) is 11.2. The molecular weight excluding hydrogens is 240 g/mol. The number of nitrogens with zero attached hydrogens (tertiary/aromatic N) is 3. The molecule has 0 saturated heterocycles. The second kappa shape index (κ2) is 7.01. The van der Waals surface area contributed by atoms with Gasteiger partial charge in [0.15, 0.2) is 0 Å². The van der Waals surface area contributed by atoms with E-state index in [4.69, 9.17) is 5.11 Å². The highest BCUT2D eigenvalue weighted by molar-refractivity contribution is 5.14. The molecule has 0 aliphatic carbocycles. The van der Waals surface area contributed by atoms with Crippen molar-refractivity contribution in [3.63, 3.8) is 0 Å². The molecule has 102 valence electrons. The lowest BCUT2D eigenvalue weighted by atomic mass is 10.1. The van der Waals surface area contributed by atoms with Gasteiger partial charge < -0.3 is 15.0 Å². The Morgan fingerprint density at radius 1 is 1.32 bits per heavy atom. The average molecular weight is 260 g/mol. The number of aromatic nitrogens is 3. The maximum Gasteiger partial charge on any atom is 0.146 e. The molecule has 1 unspecified atom stereocenters. The number of hydrogen-bond donors (Lipinski definition) is 2. The number of benzene rings is 1. The predicted octanol–water partition coefficient (Wildman–Crippen LogP) is 0.991. The first-order chi connectivity index (χ1) is 9.29. The van der Waals surface area contributed by atoms with Gasteiger partial charge in [0.25, 0.3) is 0 Å². The molecular formula is C14H20N4O. The largest absolute Gasteiger partial charge is 0.395 e. The highest BCUT2D eigenvalue weighted by atomic mass is 16.3. The Morgan fingerprint density at radius 3 is 2.84 bits per heavy atom. The van der Waals surface area contributed by atoms with Gasteiger partial charge in [-0.3, -0.25) is 0 Å². The van der Waals surface area contributed by atoms with Gasteiger partial charge in [-0.05, 0) is 18.9 Å². The second-order valence-electron chi connectivity index (χ2n) is 4.64. The monoisotopic (exact) mass is 260 g/mol. The molecule has 0 saturated carbocycles. The standard InChI is InChI=1S/C14H20N4O/c1-12(10-19)15-9-14-17-16-11-18(14)8-7-13-5-3-2-4-6-13/h2-6,11-12,15,19H,7-10H2,1H3. The predicted molar refractivity (Wildman–Crippen MR) is 73.6 cm³/mol. The van der Waals surface area contributed by atoms with Gasteiger partial charge in [-0.25, -0.2) is 0 Å². The van der Waals surface area contributed by atoms with Crippen LogP contribution >= 0.6 is 0 Å². The van der Waals surface area contributed by atoms with Crippen LogP contribution < -0.4 is 5.32 Å². The van der Waals surface area contributed by atoms with Gasteiger partial charge in [0.2, 0.25) is 0 Å². The Morgan fingerprint density at radius 2 is 2.11 bits per heavy atom. The SMILES string of the molecule is CC(CO)NCc1nncn1CCc1ccccc1. The smallest absolute Gasteiger partial charge is 0.146 e. The molecule has 2 aromatic rings. The van der Waals surface area contributed by atoms with E-state index in [2.05, 4.69) is 27.6 Å². The van der Waals surface area contributed by atoms with E-state index in [0.717, 1.165) is 18.8 Å². The Balaban J connectivity index is 1.89. The van der Waals surface area contributed by atoms with Crippen LogP contribution in [0, 0.1) is 0 Å². The van der Waals surface area contributed by atoms with Gasteiger partial charge >= 0.3 is 0 Å². The zero-order chi connectivity index (χ0) is 13.5. The van der Waals surface area contributed by atoms with Gasteiger partial charge in [-0.2, -0.15) is 0 Å². The Labute approximate surface area is 113 Å². The molecule has 0 bridgehead atoms. The van der Waals surface area contributed by atoms with Crippen LogP contribution in [-0.4, -0.2) is 32.5 Å². The lowest BCUT2D eigenvalue weighted by Crippen LogP contribution is -2.30. The fourth-order valence-electron chi connectivity index (χ4n) is 1.83. The number of aliphatic hydroxyl groups is 1. The summed E-state index contributed by atoms with van der Waals surface area (Å²) in [7, 11) is 0. The molecule has 2 rings (SSSR count). The van der Waals surface area contributed by atoms with Crippen molar-refractivity contribution in [2.24, 2.45) is 0 Å². The molecule has 0 fully saturated rings. The third-order valence-corrected chi connectivity index (χ3v) is 3.06. The van der Waals surface area contributed by atoms with Crippen LogP contribution in [-0.2, 0) is 19.5 Å². The molecule has 1 aromatic heterocycles. The van der Waals surface area contributed by atoms with E-state index in [1.54, 1.807) is 6.33 Å². The summed E-state index contributed by atoms with van der Waals surface area (Å²) in [4.78, 5) is 0. The molecule has 19 heavy (non-hydrogen) atoms. The lowest BCUT2D eigenvalue weighted by molar-refractivity contribution is 0.250. The van der Waals surface area contributed by atoms with Crippen LogP contribution in [0.4, 0.5) is 0 Å². The van der Waals surface area contributed by atoms with Crippen LogP contribution in [0.25, 0.3) is 0 Å². The summed E-state index contributed by atoms with van der Waals surface area (Å²) >= 11 is 0. The molecule has 0 aliphatic heterocycles. The minimum atomic E-state index is 0.0688. The summed E-state index contributed by atoms with van der Waals surface area (Å²) < 4.78 is 2.05. The number of rotatable bonds is 7. The molecule has 1 atom stereocenters. The van der Waals surface area contributed by atoms with Crippen molar-refractivity contribution in [1.29, 1.82) is 0 Å². The van der Waals surface area contributed by atoms with Crippen molar-refractivity contribution < 1.29 is 5.11 Å². The fraction of sp³-hybridized carbons (Fsp3) is 0.429. The fourth-order valence-corrected chi connectivity index (χ4v) is 1.83. The first kappa shape index (κ1) is 13.7. The minimum Gasteiger partial charge on any atom is -0.395 e. The van der Waals surface area contributed by atoms with Crippen molar-refractivity contribution in [3.8, 4) is 0 Å². The van der Waals surface area contributed by atoms with Gasteiger partial charge in [0.05, 0.1) is 13.2 Å². The number of hydrogen-bond acceptors (Lipinski definition) is 4. The Kier molecular flexibility index (Phi) is 5.06. The van der Waals surface area contributed by atoms with E-state index in [-0.39, 0.29) is 12.6 Å². The van der Waals surface area contributed by atoms with Crippen molar-refractivity contribution >= 4 is 0 Å². The van der Waals surface area contributed by atoms with Gasteiger partial charge in [0, 0.05) is 12.6 Å². The first-order valence-electron chi connectivity index (χ1n) is 6.54. The van der Waals surface area contributed by atoms with Crippen LogP contribution in [0.3, 0.4) is 0 Å². The number of aryl methyl sites for hydroxylation is 2. The zero-order valence-corrected chi connectivity index (χ0v) is 11.2. The number of nitrogens with one attached hydrogen (secondary N) is 1. The molecule has 1 aromatic carbocycles. The average Bonchev–Trinajstić information content (AvgIpc) is 2.91. The quantitative estimate of drug-likeness (QED) is 0.779. The molecule has 5 nitrogen and oxygen atoms in total. The molecule has 0 aliphatic rings. The molecule has 2 N–H and O–H groups in total. The summed E-state index contributed by atoms with van der Waals surface area (Å²) in [5.74, 6) is 0.899. The van der Waals surface area contributed by atoms with Crippen molar-refractivity contribution in [1.82, 2.24) is 20.1 Å². The molecule has 0 radical (unpaired) electrons. The van der Waals surface area contributed by atoms with E-state index in [0.29, 0.717) is 6.54 Å². The molecule has 5 heteroatoms.